The van der Waals surface area contributed by atoms with Gasteiger partial charge in [0.05, 0.1) is 18.8 Å². The van der Waals surface area contributed by atoms with E-state index in [9.17, 15) is 0 Å². The van der Waals surface area contributed by atoms with Crippen molar-refractivity contribution in [1.82, 2.24) is 0 Å². The van der Waals surface area contributed by atoms with E-state index in [1.165, 1.54) is 0 Å². The van der Waals surface area contributed by atoms with E-state index in [2.05, 4.69) is 0 Å². The van der Waals surface area contributed by atoms with Gasteiger partial charge in [-0.25, -0.2) is 0 Å². The van der Waals surface area contributed by atoms with Crippen molar-refractivity contribution in [2.75, 3.05) is 13.2 Å². The molecule has 0 saturated carbocycles. The molecule has 0 aliphatic carbocycles. The van der Waals surface area contributed by atoms with Gasteiger partial charge in [0, 0.05) is 17.7 Å². The van der Waals surface area contributed by atoms with Crippen molar-refractivity contribution >= 4 is 11.6 Å². The highest BCUT2D eigenvalue weighted by Gasteiger charge is 2.19. The van der Waals surface area contributed by atoms with Crippen molar-refractivity contribution in [2.24, 2.45) is 5.73 Å². The lowest BCUT2D eigenvalue weighted by molar-refractivity contribution is -0.0550. The topological polar surface area (TPSA) is 44.5 Å². The van der Waals surface area contributed by atoms with Gasteiger partial charge in [-0.2, -0.15) is 0 Å². The Labute approximate surface area is 114 Å². The molecule has 0 bridgehead atoms. The zero-order chi connectivity index (χ0) is 13.5. The second-order valence-corrected chi connectivity index (χ2v) is 4.87. The first-order valence-corrected chi connectivity index (χ1v) is 6.66. The van der Waals surface area contributed by atoms with E-state index in [-0.39, 0.29) is 18.2 Å². The van der Waals surface area contributed by atoms with Crippen LogP contribution in [-0.4, -0.2) is 25.4 Å². The number of rotatable bonds is 7. The van der Waals surface area contributed by atoms with E-state index in [0.717, 1.165) is 5.56 Å². The third-order valence-corrected chi connectivity index (χ3v) is 2.86. The van der Waals surface area contributed by atoms with Crippen LogP contribution in [0.1, 0.15) is 32.4 Å². The minimum absolute atomic E-state index is 0.0108. The standard InChI is InChI=1S/C14H22ClNO2/c1-4-17-9-10(2)18-14(11(3)16)12-5-7-13(15)8-6-12/h5-8,10-11,14H,4,9,16H2,1-3H3. The third kappa shape index (κ3) is 4.94. The molecule has 0 fully saturated rings. The Bertz CT molecular complexity index is 340. The van der Waals surface area contributed by atoms with E-state index < -0.39 is 0 Å². The van der Waals surface area contributed by atoms with Crippen molar-refractivity contribution in [3.63, 3.8) is 0 Å². The minimum atomic E-state index is -0.141. The predicted molar refractivity (Wildman–Crippen MR) is 74.9 cm³/mol. The number of hydrogen-bond donors (Lipinski definition) is 1. The number of halogens is 1. The normalized spacial score (nSPS) is 16.3. The number of ether oxygens (including phenoxy) is 2. The molecule has 3 nitrogen and oxygen atoms in total. The van der Waals surface area contributed by atoms with Crippen LogP contribution in [0.3, 0.4) is 0 Å². The van der Waals surface area contributed by atoms with Crippen molar-refractivity contribution in [2.45, 2.75) is 39.0 Å². The maximum absolute atomic E-state index is 5.98. The van der Waals surface area contributed by atoms with Gasteiger partial charge in [0.1, 0.15) is 0 Å². The summed E-state index contributed by atoms with van der Waals surface area (Å²) in [4.78, 5) is 0. The molecule has 1 aromatic carbocycles. The Hall–Kier alpha value is -0.610. The predicted octanol–water partition coefficient (Wildman–Crippen LogP) is 3.17. The molecule has 0 amide bonds. The smallest absolute Gasteiger partial charge is 0.0977 e. The van der Waals surface area contributed by atoms with Crippen LogP contribution in [0.4, 0.5) is 0 Å². The van der Waals surface area contributed by atoms with Gasteiger partial charge in [0.2, 0.25) is 0 Å². The van der Waals surface area contributed by atoms with Gasteiger partial charge < -0.3 is 15.2 Å². The highest BCUT2D eigenvalue weighted by atomic mass is 35.5. The Morgan fingerprint density at radius 1 is 1.22 bits per heavy atom. The van der Waals surface area contributed by atoms with E-state index in [1.54, 1.807) is 0 Å². The first-order valence-electron chi connectivity index (χ1n) is 6.28. The maximum Gasteiger partial charge on any atom is 0.0977 e. The third-order valence-electron chi connectivity index (χ3n) is 2.61. The lowest BCUT2D eigenvalue weighted by Crippen LogP contribution is -2.31. The molecular weight excluding hydrogens is 250 g/mol. The summed E-state index contributed by atoms with van der Waals surface area (Å²) in [5.74, 6) is 0. The van der Waals surface area contributed by atoms with Crippen LogP contribution >= 0.6 is 11.6 Å². The van der Waals surface area contributed by atoms with Crippen molar-refractivity contribution in [3.8, 4) is 0 Å². The molecular formula is C14H22ClNO2. The number of nitrogens with two attached hydrogens (primary N) is 1. The van der Waals surface area contributed by atoms with Gasteiger partial charge in [0.15, 0.2) is 0 Å². The molecule has 0 saturated heterocycles. The second-order valence-electron chi connectivity index (χ2n) is 4.44. The van der Waals surface area contributed by atoms with Gasteiger partial charge in [0.25, 0.3) is 0 Å². The Kier molecular flexibility index (Phi) is 6.65. The average Bonchev–Trinajstić information content (AvgIpc) is 2.34. The summed E-state index contributed by atoms with van der Waals surface area (Å²) in [7, 11) is 0. The first-order chi connectivity index (χ1) is 8.54. The van der Waals surface area contributed by atoms with Crippen molar-refractivity contribution < 1.29 is 9.47 Å². The van der Waals surface area contributed by atoms with Gasteiger partial charge in [-0.1, -0.05) is 23.7 Å². The zero-order valence-electron chi connectivity index (χ0n) is 11.2. The molecule has 0 radical (unpaired) electrons. The van der Waals surface area contributed by atoms with Gasteiger partial charge in [-0.15, -0.1) is 0 Å². The fraction of sp³-hybridized carbons (Fsp3) is 0.571. The van der Waals surface area contributed by atoms with Crippen molar-refractivity contribution in [3.05, 3.63) is 34.9 Å². The molecule has 0 aliphatic rings. The number of hydrogen-bond acceptors (Lipinski definition) is 3. The van der Waals surface area contributed by atoms with E-state index in [4.69, 9.17) is 26.8 Å². The molecule has 0 aromatic heterocycles. The van der Waals surface area contributed by atoms with Gasteiger partial charge >= 0.3 is 0 Å². The van der Waals surface area contributed by atoms with E-state index in [1.807, 2.05) is 45.0 Å². The summed E-state index contributed by atoms with van der Waals surface area (Å²) in [5, 5.41) is 0.713. The van der Waals surface area contributed by atoms with Crippen molar-refractivity contribution in [1.29, 1.82) is 0 Å². The average molecular weight is 272 g/mol. The highest BCUT2D eigenvalue weighted by Crippen LogP contribution is 2.23. The molecule has 3 atom stereocenters. The summed E-state index contributed by atoms with van der Waals surface area (Å²) in [5.41, 5.74) is 7.02. The van der Waals surface area contributed by atoms with Crippen LogP contribution < -0.4 is 5.73 Å². The second kappa shape index (κ2) is 7.74. The molecule has 102 valence electrons. The summed E-state index contributed by atoms with van der Waals surface area (Å²) < 4.78 is 11.3. The molecule has 0 aliphatic heterocycles. The fourth-order valence-corrected chi connectivity index (χ4v) is 1.86. The monoisotopic (exact) mass is 271 g/mol. The van der Waals surface area contributed by atoms with Crippen LogP contribution in [0.25, 0.3) is 0 Å². The SMILES string of the molecule is CCOCC(C)OC(c1ccc(Cl)cc1)C(C)N. The zero-order valence-corrected chi connectivity index (χ0v) is 12.0. The molecule has 1 aromatic rings. The molecule has 1 rings (SSSR count). The van der Waals surface area contributed by atoms with Crippen LogP contribution in [0.2, 0.25) is 5.02 Å². The molecule has 0 spiro atoms. The maximum atomic E-state index is 5.98. The number of benzene rings is 1. The van der Waals surface area contributed by atoms with Crippen LogP contribution in [-0.2, 0) is 9.47 Å². The lowest BCUT2D eigenvalue weighted by atomic mass is 10.0. The van der Waals surface area contributed by atoms with Gasteiger partial charge in [-0.3, -0.25) is 0 Å². The van der Waals surface area contributed by atoms with Gasteiger partial charge in [-0.05, 0) is 38.5 Å². The Morgan fingerprint density at radius 2 is 1.83 bits per heavy atom. The molecule has 3 unspecified atom stereocenters. The quantitative estimate of drug-likeness (QED) is 0.828. The Morgan fingerprint density at radius 3 is 2.33 bits per heavy atom. The largest absolute Gasteiger partial charge is 0.379 e. The summed E-state index contributed by atoms with van der Waals surface area (Å²) in [6.45, 7) is 7.16. The summed E-state index contributed by atoms with van der Waals surface area (Å²) >= 11 is 5.88. The fourth-order valence-electron chi connectivity index (χ4n) is 1.73. The molecule has 18 heavy (non-hydrogen) atoms. The van der Waals surface area contributed by atoms with Crippen LogP contribution in [0.15, 0.2) is 24.3 Å². The van der Waals surface area contributed by atoms with Crippen LogP contribution in [0.5, 0.6) is 0 Å². The molecule has 4 heteroatoms. The first kappa shape index (κ1) is 15.4. The Balaban J connectivity index is 2.68. The van der Waals surface area contributed by atoms with E-state index >= 15 is 0 Å². The molecule has 0 heterocycles. The lowest BCUT2D eigenvalue weighted by Gasteiger charge is -2.25. The highest BCUT2D eigenvalue weighted by molar-refractivity contribution is 6.30. The summed E-state index contributed by atoms with van der Waals surface area (Å²) in [6.07, 6.45) is -0.130. The minimum Gasteiger partial charge on any atom is -0.379 e. The molecule has 2 N–H and O–H groups in total. The van der Waals surface area contributed by atoms with Crippen LogP contribution in [0, 0.1) is 0 Å². The summed E-state index contributed by atoms with van der Waals surface area (Å²) in [6, 6.07) is 7.51. The van der Waals surface area contributed by atoms with E-state index in [0.29, 0.717) is 18.2 Å².